The third-order valence-corrected chi connectivity index (χ3v) is 6.33. The molecular formula is C28H40ClN5O2. The molecule has 1 aliphatic rings. The van der Waals surface area contributed by atoms with E-state index >= 15 is 0 Å². The van der Waals surface area contributed by atoms with E-state index in [-0.39, 0.29) is 28.4 Å². The average Bonchev–Trinajstić information content (AvgIpc) is 2.91. The summed E-state index contributed by atoms with van der Waals surface area (Å²) < 4.78 is 5.20. The number of piperidine rings is 1. The summed E-state index contributed by atoms with van der Waals surface area (Å²) in [5, 5.41) is 15.2. The van der Waals surface area contributed by atoms with Gasteiger partial charge in [-0.2, -0.15) is 0 Å². The van der Waals surface area contributed by atoms with Crippen LogP contribution in [-0.2, 0) is 9.53 Å². The second-order valence-corrected chi connectivity index (χ2v) is 9.18. The van der Waals surface area contributed by atoms with Crippen molar-refractivity contribution in [2.75, 3.05) is 38.7 Å². The summed E-state index contributed by atoms with van der Waals surface area (Å²) in [6.07, 6.45) is 7.73. The normalized spacial score (nSPS) is 17.6. The van der Waals surface area contributed by atoms with E-state index in [9.17, 15) is 4.79 Å². The maximum atomic E-state index is 13.3. The molecule has 1 aliphatic heterocycles. The number of carbonyl (C=O) groups is 1. The Balaban J connectivity index is 2.32. The highest BCUT2D eigenvalue weighted by molar-refractivity contribution is 6.48. The van der Waals surface area contributed by atoms with Gasteiger partial charge in [-0.15, -0.1) is 0 Å². The quantitative estimate of drug-likeness (QED) is 0.277. The Morgan fingerprint density at radius 1 is 1.33 bits per heavy atom. The predicted molar refractivity (Wildman–Crippen MR) is 151 cm³/mol. The molecule has 1 unspecified atom stereocenters. The molecule has 1 aromatic rings. The number of carbonyl (C=O) groups excluding carboxylic acids is 1. The molecule has 1 amide bonds. The van der Waals surface area contributed by atoms with Crippen LogP contribution in [0, 0.1) is 11.3 Å². The van der Waals surface area contributed by atoms with Crippen LogP contribution in [0.5, 0.6) is 0 Å². The van der Waals surface area contributed by atoms with Gasteiger partial charge in [0.15, 0.2) is 0 Å². The second kappa shape index (κ2) is 16.1. The van der Waals surface area contributed by atoms with Gasteiger partial charge in [-0.1, -0.05) is 62.7 Å². The van der Waals surface area contributed by atoms with E-state index in [1.807, 2.05) is 43.3 Å². The molecule has 1 fully saturated rings. The molecule has 0 saturated carbocycles. The Labute approximate surface area is 220 Å². The van der Waals surface area contributed by atoms with Crippen molar-refractivity contribution in [2.45, 2.75) is 46.0 Å². The molecule has 0 radical (unpaired) electrons. The highest BCUT2D eigenvalue weighted by Gasteiger charge is 2.27. The molecule has 3 N–H and O–H groups in total. The molecule has 1 saturated heterocycles. The summed E-state index contributed by atoms with van der Waals surface area (Å²) >= 11 is 6.78. The number of unbranched alkanes of at least 4 members (excludes halogenated alkanes) is 1. The molecule has 1 heterocycles. The summed E-state index contributed by atoms with van der Waals surface area (Å²) in [5.74, 6) is -0.00279. The molecule has 196 valence electrons. The van der Waals surface area contributed by atoms with Gasteiger partial charge in [0.2, 0.25) is 5.91 Å². The monoisotopic (exact) mass is 513 g/mol. The number of hydrogen-bond acceptors (Lipinski definition) is 6. The van der Waals surface area contributed by atoms with Crippen molar-refractivity contribution < 1.29 is 9.53 Å². The highest BCUT2D eigenvalue weighted by Crippen LogP contribution is 2.21. The Kier molecular flexibility index (Phi) is 13.2. The number of hydrogen-bond donors (Lipinski definition) is 3. The van der Waals surface area contributed by atoms with Crippen molar-refractivity contribution >= 4 is 35.1 Å². The zero-order valence-corrected chi connectivity index (χ0v) is 22.5. The summed E-state index contributed by atoms with van der Waals surface area (Å²) in [7, 11) is 1.68. The SMILES string of the molecule is C=C(CC)/N=C\C(=C/CCC)C(=N)/C(Cl)=C(/NC(=O)C1CCCN(CCOC)C1)Nc1ccccc1. The predicted octanol–water partition coefficient (Wildman–Crippen LogP) is 5.72. The number of likely N-dealkylation sites (tertiary alicyclic amines) is 1. The number of ether oxygens (including phenoxy) is 1. The van der Waals surface area contributed by atoms with Crippen LogP contribution in [0.25, 0.3) is 0 Å². The van der Waals surface area contributed by atoms with E-state index in [4.69, 9.17) is 21.7 Å². The first-order chi connectivity index (χ1) is 17.4. The van der Waals surface area contributed by atoms with Crippen LogP contribution in [0.3, 0.4) is 0 Å². The number of para-hydroxylation sites is 1. The van der Waals surface area contributed by atoms with Crippen LogP contribution >= 0.6 is 11.6 Å². The number of nitrogens with zero attached hydrogens (tertiary/aromatic N) is 2. The molecule has 0 aromatic heterocycles. The molecule has 0 spiro atoms. The average molecular weight is 514 g/mol. The lowest BCUT2D eigenvalue weighted by molar-refractivity contribution is -0.126. The number of benzene rings is 1. The largest absolute Gasteiger partial charge is 0.383 e. The van der Waals surface area contributed by atoms with Gasteiger partial charge in [-0.05, 0) is 44.4 Å². The van der Waals surface area contributed by atoms with Gasteiger partial charge in [-0.25, -0.2) is 0 Å². The van der Waals surface area contributed by atoms with Gasteiger partial charge in [0.25, 0.3) is 0 Å². The molecule has 7 nitrogen and oxygen atoms in total. The molecule has 1 atom stereocenters. The van der Waals surface area contributed by atoms with E-state index in [0.29, 0.717) is 25.1 Å². The fourth-order valence-electron chi connectivity index (χ4n) is 3.75. The lowest BCUT2D eigenvalue weighted by atomic mass is 9.97. The summed E-state index contributed by atoms with van der Waals surface area (Å²) in [6.45, 7) is 11.0. The molecular weight excluding hydrogens is 474 g/mol. The fraction of sp³-hybridized carbons (Fsp3) is 0.464. The number of methoxy groups -OCH3 is 1. The minimum Gasteiger partial charge on any atom is -0.383 e. The van der Waals surface area contributed by atoms with Crippen molar-refractivity contribution in [3.63, 3.8) is 0 Å². The number of nitrogens with one attached hydrogen (secondary N) is 3. The van der Waals surface area contributed by atoms with Crippen LogP contribution in [0.1, 0.15) is 46.0 Å². The summed E-state index contributed by atoms with van der Waals surface area (Å²) in [6, 6.07) is 9.47. The summed E-state index contributed by atoms with van der Waals surface area (Å²) in [5.41, 5.74) is 2.15. The minimum absolute atomic E-state index is 0.0851. The maximum absolute atomic E-state index is 13.3. The molecule has 1 aromatic carbocycles. The van der Waals surface area contributed by atoms with Gasteiger partial charge < -0.3 is 20.3 Å². The Morgan fingerprint density at radius 2 is 2.08 bits per heavy atom. The first kappa shape index (κ1) is 29.5. The number of aliphatic imine (C=N–C) groups is 1. The number of anilines is 1. The number of halogens is 1. The van der Waals surface area contributed by atoms with Crippen LogP contribution < -0.4 is 10.6 Å². The van der Waals surface area contributed by atoms with Crippen LogP contribution in [0.2, 0.25) is 0 Å². The molecule has 2 rings (SSSR count). The van der Waals surface area contributed by atoms with E-state index in [2.05, 4.69) is 34.0 Å². The van der Waals surface area contributed by atoms with Gasteiger partial charge in [0, 0.05) is 43.4 Å². The van der Waals surface area contributed by atoms with Crippen molar-refractivity contribution in [1.29, 1.82) is 5.41 Å². The Morgan fingerprint density at radius 3 is 2.75 bits per heavy atom. The van der Waals surface area contributed by atoms with Crippen LogP contribution in [0.4, 0.5) is 5.69 Å². The minimum atomic E-state index is -0.175. The third kappa shape index (κ3) is 9.72. The smallest absolute Gasteiger partial charge is 0.229 e. The highest BCUT2D eigenvalue weighted by atomic mass is 35.5. The second-order valence-electron chi connectivity index (χ2n) is 8.80. The topological polar surface area (TPSA) is 89.8 Å². The number of allylic oxidation sites excluding steroid dienone is 4. The summed E-state index contributed by atoms with van der Waals surface area (Å²) in [4.78, 5) is 19.9. The third-order valence-electron chi connectivity index (χ3n) is 5.95. The first-order valence-corrected chi connectivity index (χ1v) is 13.0. The molecule has 8 heteroatoms. The Bertz CT molecular complexity index is 971. The fourth-order valence-corrected chi connectivity index (χ4v) is 3.95. The van der Waals surface area contributed by atoms with E-state index in [1.165, 1.54) is 0 Å². The Hall–Kier alpha value is -2.74. The lowest BCUT2D eigenvalue weighted by Gasteiger charge is -2.32. The molecule has 0 bridgehead atoms. The maximum Gasteiger partial charge on any atom is 0.229 e. The van der Waals surface area contributed by atoms with Crippen LogP contribution in [0.15, 0.2) is 70.1 Å². The van der Waals surface area contributed by atoms with Crippen molar-refractivity contribution in [3.05, 3.63) is 65.1 Å². The zero-order chi connectivity index (χ0) is 26.3. The van der Waals surface area contributed by atoms with Crippen LogP contribution in [-0.4, -0.2) is 56.1 Å². The van der Waals surface area contributed by atoms with Gasteiger partial charge in [0.1, 0.15) is 10.9 Å². The standard InChI is InChI=1S/C28H40ClN5O2/c1-5-7-12-22(19-31-21(3)6-2)26(30)25(29)27(32-24-14-9-8-10-15-24)33-28(35)23-13-11-16-34(20-23)17-18-36-4/h8-10,12,14-15,19,23,30,32H,3,5-7,11,13,16-18,20H2,1-2,4H3,(H,33,35)/b22-12+,27-25-,30-26?,31-19-. The first-order valence-electron chi connectivity index (χ1n) is 12.6. The number of rotatable bonds is 14. The van der Waals surface area contributed by atoms with E-state index in [1.54, 1.807) is 13.3 Å². The van der Waals surface area contributed by atoms with Crippen molar-refractivity contribution in [1.82, 2.24) is 10.2 Å². The number of amides is 1. The molecule has 0 aliphatic carbocycles. The zero-order valence-electron chi connectivity index (χ0n) is 21.8. The van der Waals surface area contributed by atoms with Gasteiger partial charge in [-0.3, -0.25) is 15.2 Å². The van der Waals surface area contributed by atoms with E-state index in [0.717, 1.165) is 50.2 Å². The lowest BCUT2D eigenvalue weighted by Crippen LogP contribution is -2.44. The molecule has 36 heavy (non-hydrogen) atoms. The van der Waals surface area contributed by atoms with Gasteiger partial charge >= 0.3 is 0 Å². The van der Waals surface area contributed by atoms with Crippen molar-refractivity contribution in [2.24, 2.45) is 10.9 Å². The van der Waals surface area contributed by atoms with Crippen molar-refractivity contribution in [3.8, 4) is 0 Å². The van der Waals surface area contributed by atoms with E-state index < -0.39 is 0 Å². The van der Waals surface area contributed by atoms with Gasteiger partial charge in [0.05, 0.1) is 18.2 Å².